The largest absolute Gasteiger partial charge is 0.0588 e. The van der Waals surface area contributed by atoms with Crippen molar-refractivity contribution >= 4 is 21.5 Å². The van der Waals surface area contributed by atoms with Crippen LogP contribution in [-0.4, -0.2) is 0 Å². The summed E-state index contributed by atoms with van der Waals surface area (Å²) in [5.74, 6) is 0. The van der Waals surface area contributed by atoms with Gasteiger partial charge in [0.25, 0.3) is 0 Å². The fraction of sp³-hybridized carbons (Fsp3) is 0.125. The van der Waals surface area contributed by atoms with Gasteiger partial charge in [-0.05, 0) is 35.5 Å². The zero-order chi connectivity index (χ0) is 12.3. The van der Waals surface area contributed by atoms with E-state index >= 15 is 0 Å². The molecule has 0 aliphatic carbocycles. The van der Waals surface area contributed by atoms with Crippen molar-refractivity contribution in [2.24, 2.45) is 0 Å². The molecule has 0 radical (unpaired) electrons. The highest BCUT2D eigenvalue weighted by Crippen LogP contribution is 2.25. The number of hydrogen-bond acceptors (Lipinski definition) is 0. The van der Waals surface area contributed by atoms with Crippen LogP contribution in [-0.2, 0) is 0 Å². The van der Waals surface area contributed by atoms with E-state index in [9.17, 15) is 0 Å². The number of benzene rings is 2. The quantitative estimate of drug-likeness (QED) is 0.722. The summed E-state index contributed by atoms with van der Waals surface area (Å²) in [5, 5.41) is 0. The lowest BCUT2D eigenvalue weighted by molar-refractivity contribution is 1.43. The van der Waals surface area contributed by atoms with Gasteiger partial charge in [-0.2, -0.15) is 0 Å². The van der Waals surface area contributed by atoms with Crippen molar-refractivity contribution in [3.05, 3.63) is 75.8 Å². The summed E-state index contributed by atoms with van der Waals surface area (Å²) in [5.41, 5.74) is 6.25. The second-order valence-electron chi connectivity index (χ2n) is 4.25. The zero-order valence-electron chi connectivity index (χ0n) is 10.1. The lowest BCUT2D eigenvalue weighted by Gasteiger charge is -2.08. The molecule has 2 aromatic carbocycles. The second kappa shape index (κ2) is 5.33. The van der Waals surface area contributed by atoms with Gasteiger partial charge in [0, 0.05) is 0 Å². The van der Waals surface area contributed by atoms with E-state index in [1.54, 1.807) is 0 Å². The van der Waals surface area contributed by atoms with Gasteiger partial charge in [0.1, 0.15) is 0 Å². The third-order valence-electron chi connectivity index (χ3n) is 2.83. The first-order chi connectivity index (χ1) is 8.20. The fourth-order valence-corrected chi connectivity index (χ4v) is 2.29. The van der Waals surface area contributed by atoms with Crippen molar-refractivity contribution in [1.29, 1.82) is 0 Å². The maximum Gasteiger partial charge on any atom is -0.00422 e. The summed E-state index contributed by atoms with van der Waals surface area (Å²) in [6.07, 6.45) is 0. The highest BCUT2D eigenvalue weighted by Gasteiger charge is 2.03. The summed E-state index contributed by atoms with van der Waals surface area (Å²) in [4.78, 5) is 1.99. The Kier molecular flexibility index (Phi) is 3.80. The average molecular weight is 287 g/mol. The smallest absolute Gasteiger partial charge is 0.00422 e. The normalized spacial score (nSPS) is 10.1. The van der Waals surface area contributed by atoms with E-state index in [0.717, 1.165) is 0 Å². The van der Waals surface area contributed by atoms with Crippen LogP contribution in [0.15, 0.2) is 53.5 Å². The average Bonchev–Trinajstić information content (AvgIpc) is 2.35. The lowest BCUT2D eigenvalue weighted by atomic mass is 9.98. The molecule has 0 fully saturated rings. The summed E-state index contributed by atoms with van der Waals surface area (Å²) in [6.45, 7) is 4.21. The Hall–Kier alpha value is -1.34. The molecule has 0 heterocycles. The third kappa shape index (κ3) is 2.86. The Balaban J connectivity index is 2.41. The van der Waals surface area contributed by atoms with E-state index in [1.807, 2.05) is 4.99 Å². The Morgan fingerprint density at radius 1 is 0.765 bits per heavy atom. The van der Waals surface area contributed by atoms with Gasteiger partial charge in [-0.25, -0.2) is 0 Å². The summed E-state index contributed by atoms with van der Waals surface area (Å²) >= 11 is 3.46. The third-order valence-corrected chi connectivity index (χ3v) is 3.29. The Morgan fingerprint density at radius 3 is 1.41 bits per heavy atom. The maximum absolute atomic E-state index is 3.46. The SMILES string of the molecule is Cc1ccc(C(=CBr)c2ccc(C)cc2)cc1. The van der Waals surface area contributed by atoms with Gasteiger partial charge in [0.15, 0.2) is 0 Å². The maximum atomic E-state index is 3.46. The van der Waals surface area contributed by atoms with Crippen molar-refractivity contribution in [2.75, 3.05) is 0 Å². The van der Waals surface area contributed by atoms with E-state index in [-0.39, 0.29) is 0 Å². The van der Waals surface area contributed by atoms with Gasteiger partial charge in [-0.15, -0.1) is 0 Å². The minimum absolute atomic E-state index is 1.21. The minimum Gasteiger partial charge on any atom is -0.0588 e. The monoisotopic (exact) mass is 286 g/mol. The van der Waals surface area contributed by atoms with Crippen molar-refractivity contribution in [3.8, 4) is 0 Å². The van der Waals surface area contributed by atoms with Gasteiger partial charge in [0.05, 0.1) is 0 Å². The molecule has 0 nitrogen and oxygen atoms in total. The van der Waals surface area contributed by atoms with E-state index in [4.69, 9.17) is 0 Å². The molecule has 0 spiro atoms. The van der Waals surface area contributed by atoms with Gasteiger partial charge >= 0.3 is 0 Å². The van der Waals surface area contributed by atoms with Crippen LogP contribution in [0.1, 0.15) is 22.3 Å². The zero-order valence-corrected chi connectivity index (χ0v) is 11.7. The standard InChI is InChI=1S/C16H15Br/c1-12-3-7-14(8-4-12)16(11-17)15-9-5-13(2)6-10-15/h3-11H,1-2H3. The highest BCUT2D eigenvalue weighted by atomic mass is 79.9. The molecule has 17 heavy (non-hydrogen) atoms. The predicted octanol–water partition coefficient (Wildman–Crippen LogP) is 5.09. The molecule has 0 amide bonds. The molecular weight excluding hydrogens is 272 g/mol. The molecule has 86 valence electrons. The molecule has 0 saturated heterocycles. The molecular formula is C16H15Br. The van der Waals surface area contributed by atoms with E-state index in [2.05, 4.69) is 78.3 Å². The van der Waals surface area contributed by atoms with Crippen molar-refractivity contribution < 1.29 is 0 Å². The van der Waals surface area contributed by atoms with Crippen LogP contribution in [0.4, 0.5) is 0 Å². The predicted molar refractivity (Wildman–Crippen MR) is 78.4 cm³/mol. The molecule has 2 rings (SSSR count). The van der Waals surface area contributed by atoms with Crippen LogP contribution >= 0.6 is 15.9 Å². The number of hydrogen-bond donors (Lipinski definition) is 0. The highest BCUT2D eigenvalue weighted by molar-refractivity contribution is 9.11. The molecule has 0 N–H and O–H groups in total. The van der Waals surface area contributed by atoms with Crippen LogP contribution in [0, 0.1) is 13.8 Å². The van der Waals surface area contributed by atoms with Crippen LogP contribution in [0.3, 0.4) is 0 Å². The molecule has 0 bridgehead atoms. The number of rotatable bonds is 2. The van der Waals surface area contributed by atoms with Gasteiger partial charge in [-0.3, -0.25) is 0 Å². The molecule has 0 unspecified atom stereocenters. The van der Waals surface area contributed by atoms with E-state index in [0.29, 0.717) is 0 Å². The minimum atomic E-state index is 1.21. The van der Waals surface area contributed by atoms with Crippen molar-refractivity contribution in [3.63, 3.8) is 0 Å². The van der Waals surface area contributed by atoms with Crippen molar-refractivity contribution in [1.82, 2.24) is 0 Å². The first-order valence-corrected chi connectivity index (χ1v) is 6.57. The first-order valence-electron chi connectivity index (χ1n) is 5.65. The molecule has 0 aliphatic heterocycles. The number of halogens is 1. The summed E-state index contributed by atoms with van der Waals surface area (Å²) in [7, 11) is 0. The fourth-order valence-electron chi connectivity index (χ4n) is 1.76. The van der Waals surface area contributed by atoms with Crippen LogP contribution in [0.25, 0.3) is 5.57 Å². The topological polar surface area (TPSA) is 0 Å². The Bertz CT molecular complexity index is 471. The van der Waals surface area contributed by atoms with Gasteiger partial charge in [0.2, 0.25) is 0 Å². The van der Waals surface area contributed by atoms with Crippen LogP contribution < -0.4 is 0 Å². The summed E-state index contributed by atoms with van der Waals surface area (Å²) in [6, 6.07) is 17.2. The van der Waals surface area contributed by atoms with E-state index < -0.39 is 0 Å². The Labute approximate surface area is 111 Å². The van der Waals surface area contributed by atoms with Crippen LogP contribution in [0.5, 0.6) is 0 Å². The molecule has 0 aliphatic rings. The first kappa shape index (κ1) is 12.1. The molecule has 1 heteroatoms. The van der Waals surface area contributed by atoms with Crippen LogP contribution in [0.2, 0.25) is 0 Å². The second-order valence-corrected chi connectivity index (χ2v) is 4.71. The van der Waals surface area contributed by atoms with Gasteiger partial charge in [-0.1, -0.05) is 75.6 Å². The Morgan fingerprint density at radius 2 is 1.12 bits per heavy atom. The summed E-state index contributed by atoms with van der Waals surface area (Å²) < 4.78 is 0. The van der Waals surface area contributed by atoms with Crippen molar-refractivity contribution in [2.45, 2.75) is 13.8 Å². The van der Waals surface area contributed by atoms with E-state index in [1.165, 1.54) is 27.8 Å². The molecule has 0 atom stereocenters. The molecule has 0 aromatic heterocycles. The molecule has 0 saturated carbocycles. The lowest BCUT2D eigenvalue weighted by Crippen LogP contribution is -1.87. The van der Waals surface area contributed by atoms with Gasteiger partial charge < -0.3 is 0 Å². The number of aryl methyl sites for hydroxylation is 2. The molecule has 2 aromatic rings.